The number of carbonyl (C=O) groups is 2. The van der Waals surface area contributed by atoms with Gasteiger partial charge < -0.3 is 9.64 Å². The molecule has 4 rings (SSSR count). The third kappa shape index (κ3) is 4.10. The van der Waals surface area contributed by atoms with Crippen molar-refractivity contribution in [2.24, 2.45) is 0 Å². The zero-order chi connectivity index (χ0) is 22.0. The number of esters is 1. The molecular formula is C25H27N3O3. The van der Waals surface area contributed by atoms with Crippen LogP contribution in [-0.4, -0.2) is 40.2 Å². The Bertz CT molecular complexity index is 1100. The third-order valence-corrected chi connectivity index (χ3v) is 6.02. The Morgan fingerprint density at radius 3 is 2.58 bits per heavy atom. The van der Waals surface area contributed by atoms with Crippen molar-refractivity contribution < 1.29 is 14.3 Å². The number of benzene rings is 2. The van der Waals surface area contributed by atoms with Gasteiger partial charge in [0, 0.05) is 7.05 Å². The molecule has 1 aromatic heterocycles. The molecule has 0 saturated carbocycles. The van der Waals surface area contributed by atoms with Gasteiger partial charge >= 0.3 is 5.97 Å². The average molecular weight is 418 g/mol. The van der Waals surface area contributed by atoms with E-state index in [0.29, 0.717) is 17.0 Å². The van der Waals surface area contributed by atoms with Crippen LogP contribution in [0.4, 0.5) is 0 Å². The summed E-state index contributed by atoms with van der Waals surface area (Å²) >= 11 is 0. The molecule has 1 amide bonds. The second kappa shape index (κ2) is 8.76. The van der Waals surface area contributed by atoms with Crippen molar-refractivity contribution in [3.05, 3.63) is 82.7 Å². The number of carbonyl (C=O) groups excluding carboxylic acids is 2. The Morgan fingerprint density at radius 2 is 1.81 bits per heavy atom. The van der Waals surface area contributed by atoms with E-state index in [1.165, 1.54) is 11.1 Å². The van der Waals surface area contributed by atoms with Crippen LogP contribution >= 0.6 is 0 Å². The van der Waals surface area contributed by atoms with Crippen LogP contribution in [0.5, 0.6) is 0 Å². The van der Waals surface area contributed by atoms with Crippen molar-refractivity contribution in [2.45, 2.75) is 39.2 Å². The first-order valence-corrected chi connectivity index (χ1v) is 10.6. The van der Waals surface area contributed by atoms with E-state index < -0.39 is 5.97 Å². The van der Waals surface area contributed by atoms with Crippen LogP contribution < -0.4 is 0 Å². The van der Waals surface area contributed by atoms with Gasteiger partial charge in [0.25, 0.3) is 5.91 Å². The minimum atomic E-state index is -0.525. The Kier molecular flexibility index (Phi) is 5.89. The summed E-state index contributed by atoms with van der Waals surface area (Å²) in [6.07, 6.45) is 2.99. The summed E-state index contributed by atoms with van der Waals surface area (Å²) in [4.78, 5) is 27.3. The van der Waals surface area contributed by atoms with Crippen LogP contribution in [-0.2, 0) is 16.0 Å². The minimum Gasteiger partial charge on any atom is -0.452 e. The Balaban J connectivity index is 1.45. The maximum atomic E-state index is 12.8. The maximum Gasteiger partial charge on any atom is 0.342 e. The molecule has 0 N–H and O–H groups in total. The molecule has 1 heterocycles. The average Bonchev–Trinajstić information content (AvgIpc) is 3.10. The standard InChI is InChI=1S/C25H27N3O3/c1-17-24(18(2)28(26-17)20-12-5-4-6-13-20)25(30)31-16-23(29)27(3)22-15-9-11-19-10-7-8-14-21(19)22/h4-8,10,12-14,22H,9,11,15-16H2,1-3H3/t22-/m0/s1. The fourth-order valence-corrected chi connectivity index (χ4v) is 4.36. The second-order valence-electron chi connectivity index (χ2n) is 7.98. The number of likely N-dealkylation sites (N-methyl/N-ethyl adjacent to an activating group) is 1. The molecule has 1 aliphatic rings. The lowest BCUT2D eigenvalue weighted by atomic mass is 9.87. The molecule has 0 bridgehead atoms. The molecule has 0 saturated heterocycles. The molecule has 6 heteroatoms. The molecule has 1 aliphatic carbocycles. The highest BCUT2D eigenvalue weighted by Gasteiger charge is 2.28. The molecule has 0 radical (unpaired) electrons. The monoisotopic (exact) mass is 417 g/mol. The minimum absolute atomic E-state index is 0.0143. The second-order valence-corrected chi connectivity index (χ2v) is 7.98. The first-order chi connectivity index (χ1) is 15.0. The van der Waals surface area contributed by atoms with Crippen LogP contribution in [0.3, 0.4) is 0 Å². The highest BCUT2D eigenvalue weighted by Crippen LogP contribution is 2.33. The van der Waals surface area contributed by atoms with Gasteiger partial charge in [-0.05, 0) is 56.4 Å². The van der Waals surface area contributed by atoms with Crippen LogP contribution in [0.2, 0.25) is 0 Å². The van der Waals surface area contributed by atoms with Crippen LogP contribution in [0.1, 0.15) is 51.8 Å². The first kappa shape index (κ1) is 20.8. The number of hydrogen-bond acceptors (Lipinski definition) is 4. The van der Waals surface area contributed by atoms with Crippen molar-refractivity contribution in [1.82, 2.24) is 14.7 Å². The number of aromatic nitrogens is 2. The van der Waals surface area contributed by atoms with Gasteiger partial charge in [0.2, 0.25) is 0 Å². The highest BCUT2D eigenvalue weighted by molar-refractivity contribution is 5.93. The van der Waals surface area contributed by atoms with Gasteiger partial charge in [-0.3, -0.25) is 4.79 Å². The number of ether oxygens (including phenoxy) is 1. The lowest BCUT2D eigenvalue weighted by Crippen LogP contribution is -2.36. The van der Waals surface area contributed by atoms with E-state index >= 15 is 0 Å². The lowest BCUT2D eigenvalue weighted by Gasteiger charge is -2.33. The van der Waals surface area contributed by atoms with Gasteiger partial charge in [0.1, 0.15) is 5.56 Å². The van der Waals surface area contributed by atoms with E-state index in [2.05, 4.69) is 17.2 Å². The predicted molar refractivity (Wildman–Crippen MR) is 118 cm³/mol. The van der Waals surface area contributed by atoms with Gasteiger partial charge in [-0.15, -0.1) is 0 Å². The summed E-state index contributed by atoms with van der Waals surface area (Å²) in [5.41, 5.74) is 5.02. The number of fused-ring (bicyclic) bond motifs is 1. The number of rotatable bonds is 5. The van der Waals surface area contributed by atoms with Gasteiger partial charge in [0.15, 0.2) is 6.61 Å². The summed E-state index contributed by atoms with van der Waals surface area (Å²) in [6, 6.07) is 17.9. The number of nitrogens with zero attached hydrogens (tertiary/aromatic N) is 3. The fraction of sp³-hybridized carbons (Fsp3) is 0.320. The molecule has 0 fully saturated rings. The molecule has 31 heavy (non-hydrogen) atoms. The summed E-state index contributed by atoms with van der Waals surface area (Å²) in [7, 11) is 1.78. The maximum absolute atomic E-state index is 12.8. The normalized spacial score (nSPS) is 15.3. The molecule has 0 spiro atoms. The fourth-order valence-electron chi connectivity index (χ4n) is 4.36. The van der Waals surface area contributed by atoms with Gasteiger partial charge in [-0.1, -0.05) is 42.5 Å². The third-order valence-electron chi connectivity index (χ3n) is 6.02. The Morgan fingerprint density at radius 1 is 1.10 bits per heavy atom. The molecule has 0 aliphatic heterocycles. The zero-order valence-corrected chi connectivity index (χ0v) is 18.2. The quantitative estimate of drug-likeness (QED) is 0.584. The summed E-state index contributed by atoms with van der Waals surface area (Å²) in [6.45, 7) is 3.32. The van der Waals surface area contributed by atoms with Gasteiger partial charge in [-0.2, -0.15) is 5.10 Å². The van der Waals surface area contributed by atoms with E-state index in [0.717, 1.165) is 24.9 Å². The lowest BCUT2D eigenvalue weighted by molar-refractivity contribution is -0.135. The van der Waals surface area contributed by atoms with Crippen molar-refractivity contribution in [3.8, 4) is 5.69 Å². The summed E-state index contributed by atoms with van der Waals surface area (Å²) in [5.74, 6) is -0.733. The number of para-hydroxylation sites is 1. The van der Waals surface area contributed by atoms with Crippen molar-refractivity contribution in [3.63, 3.8) is 0 Å². The Labute approximate surface area is 182 Å². The largest absolute Gasteiger partial charge is 0.452 e. The van der Waals surface area contributed by atoms with E-state index in [4.69, 9.17) is 4.74 Å². The van der Waals surface area contributed by atoms with Gasteiger partial charge in [0.05, 0.1) is 23.1 Å². The molecule has 1 atom stereocenters. The topological polar surface area (TPSA) is 64.4 Å². The first-order valence-electron chi connectivity index (χ1n) is 10.6. The molecule has 160 valence electrons. The summed E-state index contributed by atoms with van der Waals surface area (Å²) < 4.78 is 7.14. The summed E-state index contributed by atoms with van der Waals surface area (Å²) in [5, 5.41) is 4.48. The van der Waals surface area contributed by atoms with E-state index in [1.54, 1.807) is 23.6 Å². The van der Waals surface area contributed by atoms with Crippen molar-refractivity contribution in [2.75, 3.05) is 13.7 Å². The molecule has 6 nitrogen and oxygen atoms in total. The van der Waals surface area contributed by atoms with E-state index in [9.17, 15) is 9.59 Å². The Hall–Kier alpha value is -3.41. The van der Waals surface area contributed by atoms with Crippen molar-refractivity contribution >= 4 is 11.9 Å². The zero-order valence-electron chi connectivity index (χ0n) is 18.2. The van der Waals surface area contributed by atoms with Crippen LogP contribution in [0.25, 0.3) is 5.69 Å². The number of hydrogen-bond donors (Lipinski definition) is 0. The number of amides is 1. The molecule has 2 aromatic carbocycles. The SMILES string of the molecule is Cc1nn(-c2ccccc2)c(C)c1C(=O)OCC(=O)N(C)[C@H]1CCCc2ccccc21. The van der Waals surface area contributed by atoms with E-state index in [-0.39, 0.29) is 18.6 Å². The number of aryl methyl sites for hydroxylation is 2. The predicted octanol–water partition coefficient (Wildman–Crippen LogP) is 4.18. The van der Waals surface area contributed by atoms with E-state index in [1.807, 2.05) is 49.4 Å². The molecule has 3 aromatic rings. The van der Waals surface area contributed by atoms with Gasteiger partial charge in [-0.25, -0.2) is 9.48 Å². The highest BCUT2D eigenvalue weighted by atomic mass is 16.5. The smallest absolute Gasteiger partial charge is 0.342 e. The van der Waals surface area contributed by atoms with Crippen LogP contribution in [0.15, 0.2) is 54.6 Å². The van der Waals surface area contributed by atoms with Crippen LogP contribution in [0, 0.1) is 13.8 Å². The van der Waals surface area contributed by atoms with Crippen molar-refractivity contribution in [1.29, 1.82) is 0 Å². The molecular weight excluding hydrogens is 390 g/mol. The molecule has 0 unspecified atom stereocenters.